The molecule has 0 saturated heterocycles. The monoisotopic (exact) mass is 442 g/mol. The Balaban J connectivity index is 1.56. The average molecular weight is 442 g/mol. The van der Waals surface area contributed by atoms with Crippen LogP contribution < -0.4 is 14.8 Å². The number of halogens is 3. The molecule has 4 rings (SSSR count). The minimum atomic E-state index is -4.57. The molecule has 164 valence electrons. The number of imidazole rings is 1. The van der Waals surface area contributed by atoms with Crippen LogP contribution in [0.5, 0.6) is 17.5 Å². The van der Waals surface area contributed by atoms with Crippen molar-refractivity contribution in [3.8, 4) is 23.2 Å². The third-order valence-corrected chi connectivity index (χ3v) is 4.37. The van der Waals surface area contributed by atoms with Crippen LogP contribution in [0.1, 0.15) is 11.3 Å². The van der Waals surface area contributed by atoms with Crippen LogP contribution >= 0.6 is 0 Å². The standard InChI is InChI=1S/C21H17F3N6O2/c1-13-10-30(12-27-13)16-8-7-14(9-18(16)31-2)28-19-25-11-26-20(29-19)32-17-6-4-3-5-15(17)21(22,23)24/h3-12H,1-2H3,(H,25,26,28,29). The highest BCUT2D eigenvalue weighted by Gasteiger charge is 2.34. The van der Waals surface area contributed by atoms with Crippen molar-refractivity contribution in [2.24, 2.45) is 0 Å². The molecule has 0 unspecified atom stereocenters. The second kappa shape index (κ2) is 8.53. The molecular weight excluding hydrogens is 425 g/mol. The minimum absolute atomic E-state index is 0.0905. The molecule has 0 aliphatic heterocycles. The number of ether oxygens (including phenoxy) is 2. The number of methoxy groups -OCH3 is 1. The van der Waals surface area contributed by atoms with Gasteiger partial charge >= 0.3 is 12.2 Å². The number of rotatable bonds is 6. The molecule has 0 spiro atoms. The minimum Gasteiger partial charge on any atom is -0.494 e. The molecule has 32 heavy (non-hydrogen) atoms. The maximum atomic E-state index is 13.2. The smallest absolute Gasteiger partial charge is 0.419 e. The second-order valence-corrected chi connectivity index (χ2v) is 6.62. The van der Waals surface area contributed by atoms with Gasteiger partial charge in [0.1, 0.15) is 17.8 Å². The van der Waals surface area contributed by atoms with Gasteiger partial charge in [-0.05, 0) is 31.2 Å². The number of alkyl halides is 3. The Bertz CT molecular complexity index is 1240. The summed E-state index contributed by atoms with van der Waals surface area (Å²) in [6.45, 7) is 1.88. The van der Waals surface area contributed by atoms with E-state index >= 15 is 0 Å². The molecule has 0 bridgehead atoms. The SMILES string of the molecule is COc1cc(Nc2ncnc(Oc3ccccc3C(F)(F)F)n2)ccc1-n1cnc(C)c1. The molecule has 0 amide bonds. The number of para-hydroxylation sites is 1. The van der Waals surface area contributed by atoms with Gasteiger partial charge in [-0.2, -0.15) is 23.1 Å². The summed E-state index contributed by atoms with van der Waals surface area (Å²) in [4.78, 5) is 16.0. The molecule has 0 fully saturated rings. The Labute approximate surface area is 180 Å². The summed E-state index contributed by atoms with van der Waals surface area (Å²) in [5, 5.41) is 2.96. The molecule has 2 aromatic carbocycles. The van der Waals surface area contributed by atoms with Gasteiger partial charge in [0.25, 0.3) is 0 Å². The van der Waals surface area contributed by atoms with E-state index in [-0.39, 0.29) is 12.0 Å². The number of hydrogen-bond donors (Lipinski definition) is 1. The van der Waals surface area contributed by atoms with Crippen LogP contribution in [0, 0.1) is 6.92 Å². The molecule has 4 aromatic rings. The van der Waals surface area contributed by atoms with Gasteiger partial charge in [-0.1, -0.05) is 12.1 Å². The lowest BCUT2D eigenvalue weighted by molar-refractivity contribution is -0.138. The van der Waals surface area contributed by atoms with Crippen LogP contribution in [0.25, 0.3) is 5.69 Å². The molecule has 11 heteroatoms. The Hall–Kier alpha value is -4.15. The second-order valence-electron chi connectivity index (χ2n) is 6.62. The summed E-state index contributed by atoms with van der Waals surface area (Å²) in [7, 11) is 1.54. The van der Waals surface area contributed by atoms with Crippen LogP contribution in [-0.2, 0) is 6.18 Å². The van der Waals surface area contributed by atoms with Crippen LogP contribution in [-0.4, -0.2) is 31.6 Å². The molecule has 1 N–H and O–H groups in total. The summed E-state index contributed by atoms with van der Waals surface area (Å²) >= 11 is 0. The maximum absolute atomic E-state index is 13.2. The van der Waals surface area contributed by atoms with Gasteiger partial charge in [0.15, 0.2) is 0 Å². The Morgan fingerprint density at radius 1 is 1.00 bits per heavy atom. The Kier molecular flexibility index (Phi) is 5.63. The number of nitrogens with zero attached hydrogens (tertiary/aromatic N) is 5. The number of aromatic nitrogens is 5. The Morgan fingerprint density at radius 3 is 2.53 bits per heavy atom. The van der Waals surface area contributed by atoms with E-state index in [2.05, 4.69) is 25.3 Å². The normalized spacial score (nSPS) is 11.3. The van der Waals surface area contributed by atoms with Crippen LogP contribution in [0.2, 0.25) is 0 Å². The van der Waals surface area contributed by atoms with E-state index in [9.17, 15) is 13.2 Å². The summed E-state index contributed by atoms with van der Waals surface area (Å²) in [6, 6.07) is 9.87. The fourth-order valence-electron chi connectivity index (χ4n) is 2.93. The summed E-state index contributed by atoms with van der Waals surface area (Å²) < 4.78 is 52.1. The number of aryl methyl sites for hydroxylation is 1. The Morgan fingerprint density at radius 2 is 1.81 bits per heavy atom. The number of anilines is 2. The predicted molar refractivity (Wildman–Crippen MR) is 109 cm³/mol. The average Bonchev–Trinajstić information content (AvgIpc) is 3.19. The summed E-state index contributed by atoms with van der Waals surface area (Å²) in [6.07, 6.45) is 0.103. The summed E-state index contributed by atoms with van der Waals surface area (Å²) in [5.74, 6) is 0.253. The van der Waals surface area contributed by atoms with E-state index in [0.29, 0.717) is 11.4 Å². The van der Waals surface area contributed by atoms with Crippen molar-refractivity contribution in [3.63, 3.8) is 0 Å². The number of nitrogens with one attached hydrogen (secondary N) is 1. The van der Waals surface area contributed by atoms with Crippen molar-refractivity contribution in [1.29, 1.82) is 0 Å². The molecule has 0 aliphatic rings. The van der Waals surface area contributed by atoms with Gasteiger partial charge in [-0.25, -0.2) is 9.97 Å². The van der Waals surface area contributed by atoms with Crippen molar-refractivity contribution in [3.05, 3.63) is 72.6 Å². The summed E-state index contributed by atoms with van der Waals surface area (Å²) in [5.41, 5.74) is 1.31. The molecule has 0 atom stereocenters. The van der Waals surface area contributed by atoms with Crippen molar-refractivity contribution < 1.29 is 22.6 Å². The predicted octanol–water partition coefficient (Wildman–Crippen LogP) is 4.93. The first-order valence-electron chi connectivity index (χ1n) is 9.32. The van der Waals surface area contributed by atoms with Crippen LogP contribution in [0.4, 0.5) is 24.8 Å². The highest BCUT2D eigenvalue weighted by molar-refractivity contribution is 5.62. The molecular formula is C21H17F3N6O2. The molecule has 0 saturated carbocycles. The van der Waals surface area contributed by atoms with Gasteiger partial charge in [0.2, 0.25) is 5.95 Å². The first-order valence-corrected chi connectivity index (χ1v) is 9.32. The van der Waals surface area contributed by atoms with E-state index < -0.39 is 17.5 Å². The fraction of sp³-hybridized carbons (Fsp3) is 0.143. The lowest BCUT2D eigenvalue weighted by atomic mass is 10.2. The first kappa shape index (κ1) is 21.1. The van der Waals surface area contributed by atoms with Gasteiger partial charge in [-0.15, -0.1) is 0 Å². The van der Waals surface area contributed by atoms with Gasteiger partial charge in [0.05, 0.1) is 30.4 Å². The van der Waals surface area contributed by atoms with E-state index in [1.807, 2.05) is 23.8 Å². The molecule has 8 nitrogen and oxygen atoms in total. The molecule has 2 heterocycles. The van der Waals surface area contributed by atoms with Crippen molar-refractivity contribution in [2.45, 2.75) is 13.1 Å². The first-order chi connectivity index (χ1) is 15.3. The highest BCUT2D eigenvalue weighted by Crippen LogP contribution is 2.37. The van der Waals surface area contributed by atoms with Crippen LogP contribution in [0.15, 0.2) is 61.3 Å². The number of benzene rings is 2. The third-order valence-electron chi connectivity index (χ3n) is 4.37. The van der Waals surface area contributed by atoms with Gasteiger partial charge in [0, 0.05) is 18.0 Å². The zero-order valence-electron chi connectivity index (χ0n) is 17.0. The lowest BCUT2D eigenvalue weighted by Crippen LogP contribution is -2.08. The van der Waals surface area contributed by atoms with E-state index in [4.69, 9.17) is 9.47 Å². The van der Waals surface area contributed by atoms with Crippen molar-refractivity contribution >= 4 is 11.6 Å². The lowest BCUT2D eigenvalue weighted by Gasteiger charge is -2.13. The topological polar surface area (TPSA) is 87.0 Å². The van der Waals surface area contributed by atoms with Crippen LogP contribution in [0.3, 0.4) is 0 Å². The highest BCUT2D eigenvalue weighted by atomic mass is 19.4. The van der Waals surface area contributed by atoms with Crippen molar-refractivity contribution in [2.75, 3.05) is 12.4 Å². The van der Waals surface area contributed by atoms with E-state index in [1.165, 1.54) is 18.2 Å². The quantitative estimate of drug-likeness (QED) is 0.453. The van der Waals surface area contributed by atoms with Crippen molar-refractivity contribution in [1.82, 2.24) is 24.5 Å². The third kappa shape index (κ3) is 4.61. The largest absolute Gasteiger partial charge is 0.494 e. The van der Waals surface area contributed by atoms with E-state index in [1.54, 1.807) is 25.6 Å². The molecule has 0 aliphatic carbocycles. The van der Waals surface area contributed by atoms with Gasteiger partial charge < -0.3 is 19.4 Å². The maximum Gasteiger partial charge on any atom is 0.419 e. The van der Waals surface area contributed by atoms with Gasteiger partial charge in [-0.3, -0.25) is 0 Å². The molecule has 0 radical (unpaired) electrons. The fourth-order valence-corrected chi connectivity index (χ4v) is 2.93. The zero-order valence-corrected chi connectivity index (χ0v) is 17.0. The zero-order chi connectivity index (χ0) is 22.7. The number of hydrogen-bond acceptors (Lipinski definition) is 7. The molecule has 2 aromatic heterocycles. The van der Waals surface area contributed by atoms with E-state index in [0.717, 1.165) is 23.8 Å².